The average Bonchev–Trinajstić information content (AvgIpc) is 2.46. The molecule has 0 radical (unpaired) electrons. The van der Waals surface area contributed by atoms with Crippen molar-refractivity contribution in [1.82, 2.24) is 9.88 Å². The SMILES string of the molecule is CC1CC(C)CN(C(=O)Nc2cccc3cccnc23)C1. The average molecular weight is 283 g/mol. The zero-order chi connectivity index (χ0) is 14.8. The van der Waals surface area contributed by atoms with Crippen LogP contribution in [0.3, 0.4) is 0 Å². The monoisotopic (exact) mass is 283 g/mol. The summed E-state index contributed by atoms with van der Waals surface area (Å²) in [7, 11) is 0. The van der Waals surface area contributed by atoms with Crippen molar-refractivity contribution in [2.75, 3.05) is 18.4 Å². The lowest BCUT2D eigenvalue weighted by atomic mass is 9.92. The molecule has 0 saturated carbocycles. The van der Waals surface area contributed by atoms with Crippen LogP contribution in [0.1, 0.15) is 20.3 Å². The Labute approximate surface area is 125 Å². The molecule has 2 aromatic rings. The van der Waals surface area contributed by atoms with Gasteiger partial charge in [-0.2, -0.15) is 0 Å². The van der Waals surface area contributed by atoms with Crippen molar-refractivity contribution in [3.63, 3.8) is 0 Å². The normalized spacial score (nSPS) is 22.3. The third-order valence-electron chi connectivity index (χ3n) is 4.03. The van der Waals surface area contributed by atoms with E-state index in [0.717, 1.165) is 29.7 Å². The number of nitrogens with one attached hydrogen (secondary N) is 1. The number of hydrogen-bond donors (Lipinski definition) is 1. The number of nitrogens with zero attached hydrogens (tertiary/aromatic N) is 2. The molecule has 3 rings (SSSR count). The summed E-state index contributed by atoms with van der Waals surface area (Å²) in [6, 6.07) is 9.74. The lowest BCUT2D eigenvalue weighted by Crippen LogP contribution is -2.44. The molecule has 4 heteroatoms. The molecule has 2 atom stereocenters. The van der Waals surface area contributed by atoms with Gasteiger partial charge in [0.1, 0.15) is 0 Å². The Balaban J connectivity index is 1.80. The van der Waals surface area contributed by atoms with Gasteiger partial charge in [0.05, 0.1) is 11.2 Å². The highest BCUT2D eigenvalue weighted by Gasteiger charge is 2.25. The highest BCUT2D eigenvalue weighted by molar-refractivity contribution is 5.99. The third kappa shape index (κ3) is 2.99. The minimum Gasteiger partial charge on any atom is -0.324 e. The molecule has 1 aromatic carbocycles. The molecule has 110 valence electrons. The molecule has 2 heterocycles. The molecule has 1 aromatic heterocycles. The number of aromatic nitrogens is 1. The predicted octanol–water partition coefficient (Wildman–Crippen LogP) is 3.74. The summed E-state index contributed by atoms with van der Waals surface area (Å²) in [5.74, 6) is 1.12. The van der Waals surface area contributed by atoms with Gasteiger partial charge in [-0.05, 0) is 30.4 Å². The number of piperidine rings is 1. The van der Waals surface area contributed by atoms with E-state index >= 15 is 0 Å². The van der Waals surface area contributed by atoms with Gasteiger partial charge < -0.3 is 10.2 Å². The second-order valence-electron chi connectivity index (χ2n) is 6.16. The van der Waals surface area contributed by atoms with Crippen LogP contribution in [0.5, 0.6) is 0 Å². The van der Waals surface area contributed by atoms with Crippen LogP contribution in [0.4, 0.5) is 10.5 Å². The number of fused-ring (bicyclic) bond motifs is 1. The fraction of sp³-hybridized carbons (Fsp3) is 0.412. The first-order valence-corrected chi connectivity index (χ1v) is 7.53. The summed E-state index contributed by atoms with van der Waals surface area (Å²) in [6.07, 6.45) is 2.95. The van der Waals surface area contributed by atoms with Crippen LogP contribution in [0.25, 0.3) is 10.9 Å². The summed E-state index contributed by atoms with van der Waals surface area (Å²) < 4.78 is 0. The molecular weight excluding hydrogens is 262 g/mol. The van der Waals surface area contributed by atoms with E-state index < -0.39 is 0 Å². The Morgan fingerprint density at radius 1 is 1.19 bits per heavy atom. The van der Waals surface area contributed by atoms with Crippen LogP contribution >= 0.6 is 0 Å². The first kappa shape index (κ1) is 13.9. The topological polar surface area (TPSA) is 45.2 Å². The summed E-state index contributed by atoms with van der Waals surface area (Å²) in [5, 5.41) is 4.06. The van der Waals surface area contributed by atoms with E-state index in [2.05, 4.69) is 24.1 Å². The van der Waals surface area contributed by atoms with Gasteiger partial charge in [0.25, 0.3) is 0 Å². The van der Waals surface area contributed by atoms with Crippen molar-refractivity contribution < 1.29 is 4.79 Å². The van der Waals surface area contributed by atoms with Gasteiger partial charge in [-0.15, -0.1) is 0 Å². The number of carbonyl (C=O) groups excluding carboxylic acids is 1. The maximum Gasteiger partial charge on any atom is 0.321 e. The smallest absolute Gasteiger partial charge is 0.321 e. The zero-order valence-electron chi connectivity index (χ0n) is 12.5. The first-order valence-electron chi connectivity index (χ1n) is 7.53. The lowest BCUT2D eigenvalue weighted by Gasteiger charge is -2.34. The van der Waals surface area contributed by atoms with E-state index in [-0.39, 0.29) is 6.03 Å². The zero-order valence-corrected chi connectivity index (χ0v) is 12.5. The molecule has 1 aliphatic rings. The lowest BCUT2D eigenvalue weighted by molar-refractivity contribution is 0.156. The van der Waals surface area contributed by atoms with Crippen molar-refractivity contribution in [3.8, 4) is 0 Å². The van der Waals surface area contributed by atoms with E-state index in [1.807, 2.05) is 35.2 Å². The number of benzene rings is 1. The van der Waals surface area contributed by atoms with E-state index in [0.29, 0.717) is 11.8 Å². The third-order valence-corrected chi connectivity index (χ3v) is 4.03. The van der Waals surface area contributed by atoms with Crippen molar-refractivity contribution in [2.24, 2.45) is 11.8 Å². The molecule has 4 nitrogen and oxygen atoms in total. The van der Waals surface area contributed by atoms with Crippen LogP contribution < -0.4 is 5.32 Å². The van der Waals surface area contributed by atoms with E-state index in [1.54, 1.807) is 6.20 Å². The quantitative estimate of drug-likeness (QED) is 0.866. The van der Waals surface area contributed by atoms with Crippen LogP contribution in [0.2, 0.25) is 0 Å². The predicted molar refractivity (Wildman–Crippen MR) is 85.3 cm³/mol. The van der Waals surface area contributed by atoms with E-state index in [9.17, 15) is 4.79 Å². The van der Waals surface area contributed by atoms with Crippen LogP contribution in [-0.2, 0) is 0 Å². The molecule has 1 fully saturated rings. The summed E-state index contributed by atoms with van der Waals surface area (Å²) in [4.78, 5) is 18.8. The fourth-order valence-corrected chi connectivity index (χ4v) is 3.23. The number of rotatable bonds is 1. The number of amides is 2. The molecule has 1 N–H and O–H groups in total. The van der Waals surface area contributed by atoms with Crippen LogP contribution in [-0.4, -0.2) is 29.0 Å². The molecule has 0 bridgehead atoms. The van der Waals surface area contributed by atoms with E-state index in [4.69, 9.17) is 0 Å². The van der Waals surface area contributed by atoms with Gasteiger partial charge >= 0.3 is 6.03 Å². The fourth-order valence-electron chi connectivity index (χ4n) is 3.23. The number of hydrogen-bond acceptors (Lipinski definition) is 2. The molecular formula is C17H21N3O. The summed E-state index contributed by atoms with van der Waals surface area (Å²) in [6.45, 7) is 6.06. The van der Waals surface area contributed by atoms with Gasteiger partial charge in [-0.3, -0.25) is 4.98 Å². The second-order valence-corrected chi connectivity index (χ2v) is 6.16. The number of likely N-dealkylation sites (tertiary alicyclic amines) is 1. The van der Waals surface area contributed by atoms with Crippen LogP contribution in [0, 0.1) is 11.8 Å². The van der Waals surface area contributed by atoms with Gasteiger partial charge in [-0.25, -0.2) is 4.79 Å². The Morgan fingerprint density at radius 2 is 1.90 bits per heavy atom. The highest BCUT2D eigenvalue weighted by Crippen LogP contribution is 2.24. The number of urea groups is 1. The minimum absolute atomic E-state index is 0.0217. The van der Waals surface area contributed by atoms with Gasteiger partial charge in [0, 0.05) is 24.7 Å². The van der Waals surface area contributed by atoms with E-state index in [1.165, 1.54) is 6.42 Å². The van der Waals surface area contributed by atoms with Gasteiger partial charge in [0.15, 0.2) is 0 Å². The maximum absolute atomic E-state index is 12.5. The highest BCUT2D eigenvalue weighted by atomic mass is 16.2. The minimum atomic E-state index is -0.0217. The number of anilines is 1. The number of para-hydroxylation sites is 1. The number of carbonyl (C=O) groups is 1. The van der Waals surface area contributed by atoms with Gasteiger partial charge in [0.2, 0.25) is 0 Å². The Hall–Kier alpha value is -2.10. The molecule has 0 spiro atoms. The standard InChI is InChI=1S/C17H21N3O/c1-12-9-13(2)11-20(10-12)17(21)19-15-7-3-5-14-6-4-8-18-16(14)15/h3-8,12-13H,9-11H2,1-2H3,(H,19,21). The summed E-state index contributed by atoms with van der Waals surface area (Å²) in [5.41, 5.74) is 1.62. The molecule has 1 aliphatic heterocycles. The van der Waals surface area contributed by atoms with Crippen molar-refractivity contribution in [2.45, 2.75) is 20.3 Å². The second kappa shape index (κ2) is 5.72. The molecule has 0 aliphatic carbocycles. The largest absolute Gasteiger partial charge is 0.324 e. The molecule has 2 amide bonds. The first-order chi connectivity index (χ1) is 10.1. The van der Waals surface area contributed by atoms with Crippen molar-refractivity contribution in [3.05, 3.63) is 36.5 Å². The molecule has 21 heavy (non-hydrogen) atoms. The number of pyridine rings is 1. The van der Waals surface area contributed by atoms with Gasteiger partial charge in [-0.1, -0.05) is 32.0 Å². The molecule has 2 unspecified atom stereocenters. The summed E-state index contributed by atoms with van der Waals surface area (Å²) >= 11 is 0. The Morgan fingerprint density at radius 3 is 2.67 bits per heavy atom. The Bertz CT molecular complexity index is 640. The maximum atomic E-state index is 12.5. The van der Waals surface area contributed by atoms with Crippen molar-refractivity contribution in [1.29, 1.82) is 0 Å². The molecule has 1 saturated heterocycles. The van der Waals surface area contributed by atoms with Crippen LogP contribution in [0.15, 0.2) is 36.5 Å². The van der Waals surface area contributed by atoms with Crippen molar-refractivity contribution >= 4 is 22.6 Å². The Kier molecular flexibility index (Phi) is 3.78.